The molecule has 0 aliphatic carbocycles. The predicted molar refractivity (Wildman–Crippen MR) is 82.5 cm³/mol. The first-order valence-electron chi connectivity index (χ1n) is 6.37. The SMILES string of the molecule is Cc1nc(C#Cc2ccc(-c3ccccc3F)nc2)cs1. The summed E-state index contributed by atoms with van der Waals surface area (Å²) in [5.41, 5.74) is 2.63. The van der Waals surface area contributed by atoms with E-state index in [1.165, 1.54) is 6.07 Å². The number of halogens is 1. The van der Waals surface area contributed by atoms with Crippen molar-refractivity contribution in [2.75, 3.05) is 0 Å². The van der Waals surface area contributed by atoms with Crippen LogP contribution in [0, 0.1) is 24.6 Å². The molecule has 21 heavy (non-hydrogen) atoms. The van der Waals surface area contributed by atoms with E-state index < -0.39 is 0 Å². The molecule has 2 aromatic heterocycles. The van der Waals surface area contributed by atoms with Crippen molar-refractivity contribution in [2.24, 2.45) is 0 Å². The second kappa shape index (κ2) is 5.86. The highest BCUT2D eigenvalue weighted by molar-refractivity contribution is 7.09. The van der Waals surface area contributed by atoms with Crippen LogP contribution in [0.25, 0.3) is 11.3 Å². The number of benzene rings is 1. The second-order valence-electron chi connectivity index (χ2n) is 4.41. The summed E-state index contributed by atoms with van der Waals surface area (Å²) in [7, 11) is 0. The summed E-state index contributed by atoms with van der Waals surface area (Å²) in [6.45, 7) is 1.95. The first-order chi connectivity index (χ1) is 10.2. The van der Waals surface area contributed by atoms with Gasteiger partial charge in [0.1, 0.15) is 11.5 Å². The van der Waals surface area contributed by atoms with E-state index in [0.29, 0.717) is 11.3 Å². The Hall–Kier alpha value is -2.51. The number of rotatable bonds is 1. The van der Waals surface area contributed by atoms with E-state index in [2.05, 4.69) is 21.8 Å². The van der Waals surface area contributed by atoms with Gasteiger partial charge in [-0.05, 0) is 37.1 Å². The quantitative estimate of drug-likeness (QED) is 0.633. The highest BCUT2D eigenvalue weighted by atomic mass is 32.1. The molecular formula is C17H11FN2S. The van der Waals surface area contributed by atoms with Crippen molar-refractivity contribution in [1.82, 2.24) is 9.97 Å². The molecule has 2 heterocycles. The van der Waals surface area contributed by atoms with Crippen molar-refractivity contribution in [3.05, 3.63) is 70.1 Å². The van der Waals surface area contributed by atoms with Gasteiger partial charge in [0.2, 0.25) is 0 Å². The first-order valence-corrected chi connectivity index (χ1v) is 7.25. The Balaban J connectivity index is 1.85. The second-order valence-corrected chi connectivity index (χ2v) is 5.48. The summed E-state index contributed by atoms with van der Waals surface area (Å²) in [6.07, 6.45) is 1.65. The van der Waals surface area contributed by atoms with Gasteiger partial charge < -0.3 is 0 Å². The molecule has 0 aliphatic rings. The van der Waals surface area contributed by atoms with Gasteiger partial charge in [-0.15, -0.1) is 11.3 Å². The summed E-state index contributed by atoms with van der Waals surface area (Å²) >= 11 is 1.57. The molecule has 0 saturated carbocycles. The fourth-order valence-electron chi connectivity index (χ4n) is 1.85. The Morgan fingerprint density at radius 3 is 2.62 bits per heavy atom. The maximum absolute atomic E-state index is 13.7. The molecule has 0 radical (unpaired) electrons. The van der Waals surface area contributed by atoms with E-state index in [9.17, 15) is 4.39 Å². The molecule has 3 rings (SSSR count). The normalized spacial score (nSPS) is 10.0. The van der Waals surface area contributed by atoms with Gasteiger partial charge in [-0.1, -0.05) is 18.1 Å². The third-order valence-corrected chi connectivity index (χ3v) is 3.64. The van der Waals surface area contributed by atoms with Crippen LogP contribution in [0.15, 0.2) is 48.0 Å². The number of thiazole rings is 1. The fourth-order valence-corrected chi connectivity index (χ4v) is 2.40. The summed E-state index contributed by atoms with van der Waals surface area (Å²) in [5.74, 6) is 5.72. The van der Waals surface area contributed by atoms with E-state index in [0.717, 1.165) is 16.3 Å². The lowest BCUT2D eigenvalue weighted by Gasteiger charge is -2.01. The van der Waals surface area contributed by atoms with Gasteiger partial charge in [-0.2, -0.15) is 0 Å². The van der Waals surface area contributed by atoms with Crippen LogP contribution in [0.3, 0.4) is 0 Å². The van der Waals surface area contributed by atoms with Crippen LogP contribution in [-0.2, 0) is 0 Å². The molecule has 0 N–H and O–H groups in total. The number of nitrogens with zero attached hydrogens (tertiary/aromatic N) is 2. The van der Waals surface area contributed by atoms with Gasteiger partial charge in [0.25, 0.3) is 0 Å². The highest BCUT2D eigenvalue weighted by Crippen LogP contribution is 2.20. The average molecular weight is 294 g/mol. The zero-order chi connectivity index (χ0) is 14.7. The molecule has 1 aromatic carbocycles. The van der Waals surface area contributed by atoms with Crippen LogP contribution in [-0.4, -0.2) is 9.97 Å². The Kier molecular flexibility index (Phi) is 3.76. The summed E-state index contributed by atoms with van der Waals surface area (Å²) in [6, 6.07) is 10.2. The molecule has 0 amide bonds. The molecule has 0 spiro atoms. The summed E-state index contributed by atoms with van der Waals surface area (Å²) in [4.78, 5) is 8.54. The molecule has 0 saturated heterocycles. The summed E-state index contributed by atoms with van der Waals surface area (Å²) < 4.78 is 13.7. The minimum absolute atomic E-state index is 0.276. The fraction of sp³-hybridized carbons (Fsp3) is 0.0588. The third kappa shape index (κ3) is 3.15. The highest BCUT2D eigenvalue weighted by Gasteiger charge is 2.04. The lowest BCUT2D eigenvalue weighted by Crippen LogP contribution is -1.88. The first kappa shape index (κ1) is 13.5. The molecule has 2 nitrogen and oxygen atoms in total. The van der Waals surface area contributed by atoms with E-state index in [4.69, 9.17) is 0 Å². The monoisotopic (exact) mass is 294 g/mol. The minimum atomic E-state index is -0.276. The van der Waals surface area contributed by atoms with Gasteiger partial charge in [0.15, 0.2) is 0 Å². The van der Waals surface area contributed by atoms with Crippen LogP contribution in [0.1, 0.15) is 16.3 Å². The molecule has 3 aromatic rings. The van der Waals surface area contributed by atoms with Crippen LogP contribution in [0.5, 0.6) is 0 Å². The van der Waals surface area contributed by atoms with Crippen molar-refractivity contribution >= 4 is 11.3 Å². The molecule has 102 valence electrons. The van der Waals surface area contributed by atoms with Gasteiger partial charge in [0, 0.05) is 22.7 Å². The minimum Gasteiger partial charge on any atom is -0.255 e. The standard InChI is InChI=1S/C17H11FN2S/c1-12-20-14(11-21-12)8-6-13-7-9-17(19-10-13)15-4-2-3-5-16(15)18/h2-5,7,9-11H,1H3. The van der Waals surface area contributed by atoms with Gasteiger partial charge >= 0.3 is 0 Å². The molecule has 0 atom stereocenters. The Morgan fingerprint density at radius 2 is 1.95 bits per heavy atom. The molecule has 0 unspecified atom stereocenters. The van der Waals surface area contributed by atoms with Crippen molar-refractivity contribution in [1.29, 1.82) is 0 Å². The van der Waals surface area contributed by atoms with E-state index >= 15 is 0 Å². The van der Waals surface area contributed by atoms with Crippen LogP contribution in [0.2, 0.25) is 0 Å². The van der Waals surface area contributed by atoms with Gasteiger partial charge in [-0.25, -0.2) is 9.37 Å². The average Bonchev–Trinajstić information content (AvgIpc) is 2.92. The van der Waals surface area contributed by atoms with Crippen LogP contribution < -0.4 is 0 Å². The zero-order valence-corrected chi connectivity index (χ0v) is 12.1. The third-order valence-electron chi connectivity index (χ3n) is 2.87. The van der Waals surface area contributed by atoms with Crippen molar-refractivity contribution in [2.45, 2.75) is 6.92 Å². The number of aryl methyl sites for hydroxylation is 1. The summed E-state index contributed by atoms with van der Waals surface area (Å²) in [5, 5.41) is 2.91. The zero-order valence-electron chi connectivity index (χ0n) is 11.3. The molecule has 0 bridgehead atoms. The van der Waals surface area contributed by atoms with E-state index in [1.54, 1.807) is 41.8 Å². The number of aromatic nitrogens is 2. The molecule has 0 aliphatic heterocycles. The lowest BCUT2D eigenvalue weighted by atomic mass is 10.1. The predicted octanol–water partition coefficient (Wildman–Crippen LogP) is 4.05. The topological polar surface area (TPSA) is 25.8 Å². The van der Waals surface area contributed by atoms with Crippen molar-refractivity contribution < 1.29 is 4.39 Å². The Bertz CT molecular complexity index is 826. The number of pyridine rings is 1. The van der Waals surface area contributed by atoms with E-state index in [-0.39, 0.29) is 5.82 Å². The van der Waals surface area contributed by atoms with Gasteiger partial charge in [-0.3, -0.25) is 4.98 Å². The molecular weight excluding hydrogens is 283 g/mol. The maximum Gasteiger partial charge on any atom is 0.132 e. The van der Waals surface area contributed by atoms with Crippen LogP contribution >= 0.6 is 11.3 Å². The largest absolute Gasteiger partial charge is 0.255 e. The van der Waals surface area contributed by atoms with Crippen molar-refractivity contribution in [3.63, 3.8) is 0 Å². The van der Waals surface area contributed by atoms with Gasteiger partial charge in [0.05, 0.1) is 10.7 Å². The number of hydrogen-bond acceptors (Lipinski definition) is 3. The Morgan fingerprint density at radius 1 is 1.10 bits per heavy atom. The van der Waals surface area contributed by atoms with Crippen LogP contribution in [0.4, 0.5) is 4.39 Å². The maximum atomic E-state index is 13.7. The number of hydrogen-bond donors (Lipinski definition) is 0. The van der Waals surface area contributed by atoms with E-state index in [1.807, 2.05) is 18.4 Å². The van der Waals surface area contributed by atoms with Crippen molar-refractivity contribution in [3.8, 4) is 23.1 Å². The Labute approximate surface area is 126 Å². The molecule has 4 heteroatoms. The molecule has 0 fully saturated rings. The lowest BCUT2D eigenvalue weighted by molar-refractivity contribution is 0.630. The smallest absolute Gasteiger partial charge is 0.132 e.